The summed E-state index contributed by atoms with van der Waals surface area (Å²) in [6.07, 6.45) is 2.92. The van der Waals surface area contributed by atoms with Crippen molar-refractivity contribution in [2.24, 2.45) is 0 Å². The molecule has 0 spiro atoms. The second kappa shape index (κ2) is 5.80. The topological polar surface area (TPSA) is 59.0 Å². The van der Waals surface area contributed by atoms with Gasteiger partial charge in [0.05, 0.1) is 12.2 Å². The summed E-state index contributed by atoms with van der Waals surface area (Å²) in [5.41, 5.74) is 0. The van der Waals surface area contributed by atoms with Crippen LogP contribution >= 0.6 is 0 Å². The van der Waals surface area contributed by atoms with Gasteiger partial charge < -0.3 is 14.6 Å². The number of nitrogens with zero attached hydrogens (tertiary/aromatic N) is 1. The normalized spacial score (nSPS) is 30.4. The number of likely N-dealkylation sites (tertiary alicyclic amines) is 1. The van der Waals surface area contributed by atoms with Crippen LogP contribution in [0.1, 0.15) is 26.2 Å². The molecule has 0 aromatic heterocycles. The van der Waals surface area contributed by atoms with Gasteiger partial charge in [-0.2, -0.15) is 0 Å². The first-order valence-electron chi connectivity index (χ1n) is 6.41. The van der Waals surface area contributed by atoms with Crippen LogP contribution in [-0.2, 0) is 14.3 Å². The van der Waals surface area contributed by atoms with Crippen LogP contribution in [0.5, 0.6) is 0 Å². The van der Waals surface area contributed by atoms with Gasteiger partial charge in [-0.3, -0.25) is 4.90 Å². The molecule has 2 aliphatic rings. The van der Waals surface area contributed by atoms with Crippen LogP contribution in [0.2, 0.25) is 0 Å². The molecule has 1 N–H and O–H groups in total. The maximum absolute atomic E-state index is 10.9. The van der Waals surface area contributed by atoms with Crippen molar-refractivity contribution in [2.75, 3.05) is 26.2 Å². The Bertz CT molecular complexity index is 259. The molecule has 2 rings (SSSR count). The lowest BCUT2D eigenvalue weighted by Crippen LogP contribution is -2.44. The quantitative estimate of drug-likeness (QED) is 0.745. The average Bonchev–Trinajstić information content (AvgIpc) is 2.63. The third-order valence-corrected chi connectivity index (χ3v) is 3.47. The molecule has 17 heavy (non-hydrogen) atoms. The first-order chi connectivity index (χ1) is 8.19. The second-order valence-electron chi connectivity index (χ2n) is 4.79. The summed E-state index contributed by atoms with van der Waals surface area (Å²) in [5, 5.41) is 8.98. The predicted octanol–water partition coefficient (Wildman–Crippen LogP) is 0.729. The predicted molar refractivity (Wildman–Crippen MR) is 62.0 cm³/mol. The Morgan fingerprint density at radius 3 is 2.65 bits per heavy atom. The van der Waals surface area contributed by atoms with Crippen molar-refractivity contribution in [3.63, 3.8) is 0 Å². The van der Waals surface area contributed by atoms with Crippen LogP contribution in [0.25, 0.3) is 0 Å². The molecule has 2 bridgehead atoms. The van der Waals surface area contributed by atoms with Crippen molar-refractivity contribution < 1.29 is 19.4 Å². The highest BCUT2D eigenvalue weighted by molar-refractivity contribution is 5.72. The molecule has 5 nitrogen and oxygen atoms in total. The minimum Gasteiger partial charge on any atom is -0.479 e. The third kappa shape index (κ3) is 3.40. The molecule has 2 fully saturated rings. The standard InChI is InChI=1S/C12H21NO4/c1-2-16-11(12(14)15)5-6-13-7-9-3-4-10(8-13)17-9/h9-11H,2-8H2,1H3,(H,14,15). The Morgan fingerprint density at radius 1 is 1.47 bits per heavy atom. The van der Waals surface area contributed by atoms with Gasteiger partial charge >= 0.3 is 5.97 Å². The summed E-state index contributed by atoms with van der Waals surface area (Å²) in [7, 11) is 0. The molecule has 3 atom stereocenters. The van der Waals surface area contributed by atoms with Crippen LogP contribution in [0.4, 0.5) is 0 Å². The van der Waals surface area contributed by atoms with Gasteiger partial charge in [-0.15, -0.1) is 0 Å². The SMILES string of the molecule is CCOC(CCN1CC2CCC(C1)O2)C(=O)O. The number of hydrogen-bond donors (Lipinski definition) is 1. The fraction of sp³-hybridized carbons (Fsp3) is 0.917. The van der Waals surface area contributed by atoms with Crippen LogP contribution < -0.4 is 0 Å². The summed E-state index contributed by atoms with van der Waals surface area (Å²) < 4.78 is 10.9. The zero-order chi connectivity index (χ0) is 12.3. The number of carboxylic acids is 1. The first-order valence-corrected chi connectivity index (χ1v) is 6.41. The number of morpholine rings is 1. The Hall–Kier alpha value is -0.650. The molecule has 0 radical (unpaired) electrons. The molecule has 3 unspecified atom stereocenters. The maximum atomic E-state index is 10.9. The van der Waals surface area contributed by atoms with E-state index in [2.05, 4.69) is 4.90 Å². The maximum Gasteiger partial charge on any atom is 0.332 e. The van der Waals surface area contributed by atoms with Crippen LogP contribution in [0.3, 0.4) is 0 Å². The number of ether oxygens (including phenoxy) is 2. The van der Waals surface area contributed by atoms with Gasteiger partial charge in [-0.1, -0.05) is 0 Å². The van der Waals surface area contributed by atoms with E-state index in [1.54, 1.807) is 0 Å². The van der Waals surface area contributed by atoms with Crippen molar-refractivity contribution in [3.05, 3.63) is 0 Å². The van der Waals surface area contributed by atoms with Crippen molar-refractivity contribution in [2.45, 2.75) is 44.5 Å². The van der Waals surface area contributed by atoms with Crippen molar-refractivity contribution in [1.82, 2.24) is 4.90 Å². The molecule has 2 heterocycles. The van der Waals surface area contributed by atoms with E-state index in [0.29, 0.717) is 25.2 Å². The van der Waals surface area contributed by atoms with Gasteiger partial charge in [0.1, 0.15) is 0 Å². The summed E-state index contributed by atoms with van der Waals surface area (Å²) in [5.74, 6) is -0.858. The van der Waals surface area contributed by atoms with E-state index in [-0.39, 0.29) is 0 Å². The van der Waals surface area contributed by atoms with Crippen LogP contribution in [0, 0.1) is 0 Å². The smallest absolute Gasteiger partial charge is 0.332 e. The number of carbonyl (C=O) groups is 1. The van der Waals surface area contributed by atoms with E-state index < -0.39 is 12.1 Å². The highest BCUT2D eigenvalue weighted by Gasteiger charge is 2.33. The molecule has 2 saturated heterocycles. The lowest BCUT2D eigenvalue weighted by molar-refractivity contribution is -0.151. The molecule has 2 aliphatic heterocycles. The van der Waals surface area contributed by atoms with Crippen molar-refractivity contribution >= 4 is 5.97 Å². The zero-order valence-electron chi connectivity index (χ0n) is 10.3. The number of aliphatic carboxylic acids is 1. The van der Waals surface area contributed by atoms with Crippen molar-refractivity contribution in [3.8, 4) is 0 Å². The molecule has 0 aromatic rings. The van der Waals surface area contributed by atoms with E-state index in [0.717, 1.165) is 32.5 Å². The lowest BCUT2D eigenvalue weighted by Gasteiger charge is -2.32. The fourth-order valence-electron chi connectivity index (χ4n) is 2.66. The van der Waals surface area contributed by atoms with E-state index in [1.165, 1.54) is 0 Å². The number of rotatable bonds is 6. The molecule has 0 amide bonds. The molecular weight excluding hydrogens is 222 g/mol. The number of hydrogen-bond acceptors (Lipinski definition) is 4. The molecule has 0 aliphatic carbocycles. The largest absolute Gasteiger partial charge is 0.479 e. The van der Waals surface area contributed by atoms with Gasteiger partial charge in [0.2, 0.25) is 0 Å². The first kappa shape index (κ1) is 12.8. The Balaban J connectivity index is 1.75. The number of carboxylic acid groups (broad SMARTS) is 1. The van der Waals surface area contributed by atoms with E-state index in [9.17, 15) is 4.79 Å². The summed E-state index contributed by atoms with van der Waals surface area (Å²) in [6, 6.07) is 0. The summed E-state index contributed by atoms with van der Waals surface area (Å²) >= 11 is 0. The molecule has 5 heteroatoms. The van der Waals surface area contributed by atoms with Crippen molar-refractivity contribution in [1.29, 1.82) is 0 Å². The van der Waals surface area contributed by atoms with Gasteiger partial charge in [0.15, 0.2) is 6.10 Å². The zero-order valence-corrected chi connectivity index (χ0v) is 10.3. The monoisotopic (exact) mass is 243 g/mol. The minimum atomic E-state index is -0.858. The Morgan fingerprint density at radius 2 is 2.12 bits per heavy atom. The van der Waals surface area contributed by atoms with Crippen LogP contribution in [0.15, 0.2) is 0 Å². The average molecular weight is 243 g/mol. The summed E-state index contributed by atoms with van der Waals surface area (Å²) in [4.78, 5) is 13.2. The van der Waals surface area contributed by atoms with Gasteiger partial charge in [0.25, 0.3) is 0 Å². The van der Waals surface area contributed by atoms with Crippen LogP contribution in [-0.4, -0.2) is 60.5 Å². The van der Waals surface area contributed by atoms with E-state index in [4.69, 9.17) is 14.6 Å². The Kier molecular flexibility index (Phi) is 4.36. The van der Waals surface area contributed by atoms with Gasteiger partial charge in [-0.25, -0.2) is 4.79 Å². The molecule has 98 valence electrons. The molecule has 0 saturated carbocycles. The van der Waals surface area contributed by atoms with E-state index in [1.807, 2.05) is 6.92 Å². The highest BCUT2D eigenvalue weighted by atomic mass is 16.5. The summed E-state index contributed by atoms with van der Waals surface area (Å²) in [6.45, 7) is 4.94. The van der Waals surface area contributed by atoms with Gasteiger partial charge in [0, 0.05) is 26.2 Å². The number of fused-ring (bicyclic) bond motifs is 2. The molecule has 0 aromatic carbocycles. The van der Waals surface area contributed by atoms with E-state index >= 15 is 0 Å². The third-order valence-electron chi connectivity index (χ3n) is 3.47. The van der Waals surface area contributed by atoms with Gasteiger partial charge in [-0.05, 0) is 26.2 Å². The fourth-order valence-corrected chi connectivity index (χ4v) is 2.66. The highest BCUT2D eigenvalue weighted by Crippen LogP contribution is 2.26. The Labute approximate surface area is 102 Å². The molecular formula is C12H21NO4. The lowest BCUT2D eigenvalue weighted by atomic mass is 10.2. The second-order valence-corrected chi connectivity index (χ2v) is 4.79. The minimum absolute atomic E-state index is 0.365.